The van der Waals surface area contributed by atoms with Crippen molar-refractivity contribution < 1.29 is 19.1 Å². The predicted molar refractivity (Wildman–Crippen MR) is 134 cm³/mol. The van der Waals surface area contributed by atoms with Gasteiger partial charge < -0.3 is 25.1 Å². The van der Waals surface area contributed by atoms with E-state index in [9.17, 15) is 9.59 Å². The van der Waals surface area contributed by atoms with E-state index >= 15 is 0 Å². The van der Waals surface area contributed by atoms with Crippen molar-refractivity contribution in [3.8, 4) is 22.8 Å². The third-order valence-electron chi connectivity index (χ3n) is 5.77. The van der Waals surface area contributed by atoms with Crippen LogP contribution in [-0.4, -0.2) is 38.1 Å². The lowest BCUT2D eigenvalue weighted by molar-refractivity contribution is -0.116. The SMILES string of the molecule is CNC(=O)c1cc(OC)ccc1NC(=O)CCc1c(-c2ccc(OC)cc2)[nH]c2ccccc12. The van der Waals surface area contributed by atoms with Crippen LogP contribution in [0.1, 0.15) is 22.3 Å². The highest BCUT2D eigenvalue weighted by Crippen LogP contribution is 2.32. The maximum atomic E-state index is 12.9. The summed E-state index contributed by atoms with van der Waals surface area (Å²) >= 11 is 0. The second-order valence-electron chi connectivity index (χ2n) is 7.79. The van der Waals surface area contributed by atoms with Gasteiger partial charge in [-0.05, 0) is 66.1 Å². The lowest BCUT2D eigenvalue weighted by Gasteiger charge is -2.12. The second kappa shape index (κ2) is 10.1. The van der Waals surface area contributed by atoms with Crippen LogP contribution in [0.15, 0.2) is 66.7 Å². The van der Waals surface area contributed by atoms with Crippen molar-refractivity contribution in [1.82, 2.24) is 10.3 Å². The Labute approximate surface area is 198 Å². The first kappa shape index (κ1) is 22.9. The highest BCUT2D eigenvalue weighted by atomic mass is 16.5. The van der Waals surface area contributed by atoms with Crippen molar-refractivity contribution in [3.05, 3.63) is 77.9 Å². The fraction of sp³-hybridized carbons (Fsp3) is 0.185. The van der Waals surface area contributed by atoms with E-state index < -0.39 is 0 Å². The largest absolute Gasteiger partial charge is 0.497 e. The van der Waals surface area contributed by atoms with Gasteiger partial charge in [0.2, 0.25) is 5.91 Å². The maximum absolute atomic E-state index is 12.9. The number of rotatable bonds is 8. The lowest BCUT2D eigenvalue weighted by Crippen LogP contribution is -2.21. The van der Waals surface area contributed by atoms with Crippen LogP contribution in [0, 0.1) is 0 Å². The first-order valence-corrected chi connectivity index (χ1v) is 11.0. The van der Waals surface area contributed by atoms with E-state index in [1.165, 1.54) is 7.11 Å². The number of carbonyl (C=O) groups excluding carboxylic acids is 2. The van der Waals surface area contributed by atoms with Gasteiger partial charge in [-0.1, -0.05) is 18.2 Å². The van der Waals surface area contributed by atoms with Gasteiger partial charge in [0.15, 0.2) is 0 Å². The van der Waals surface area contributed by atoms with Gasteiger partial charge >= 0.3 is 0 Å². The Kier molecular flexibility index (Phi) is 6.82. The zero-order valence-electron chi connectivity index (χ0n) is 19.4. The number of benzene rings is 3. The van der Waals surface area contributed by atoms with E-state index in [1.54, 1.807) is 32.4 Å². The number of hydrogen-bond acceptors (Lipinski definition) is 4. The Hall–Kier alpha value is -4.26. The summed E-state index contributed by atoms with van der Waals surface area (Å²) in [6.45, 7) is 0. The third-order valence-corrected chi connectivity index (χ3v) is 5.77. The molecule has 0 saturated heterocycles. The van der Waals surface area contributed by atoms with Gasteiger partial charge in [0, 0.05) is 30.1 Å². The molecule has 0 fully saturated rings. The molecular formula is C27H27N3O4. The van der Waals surface area contributed by atoms with E-state index in [4.69, 9.17) is 9.47 Å². The molecule has 2 amide bonds. The molecule has 0 aliphatic heterocycles. The summed E-state index contributed by atoms with van der Waals surface area (Å²) in [5.74, 6) is 0.848. The first-order chi connectivity index (χ1) is 16.5. The van der Waals surface area contributed by atoms with Crippen LogP contribution in [-0.2, 0) is 11.2 Å². The van der Waals surface area contributed by atoms with Crippen molar-refractivity contribution >= 4 is 28.4 Å². The standard InChI is InChI=1S/C27H27N3O4/c1-28-27(32)22-16-19(34-3)12-14-24(22)29-25(31)15-13-21-20-6-4-5-7-23(20)30-26(21)17-8-10-18(33-2)11-9-17/h4-12,14,16,30H,13,15H2,1-3H3,(H,28,32)(H,29,31). The Balaban J connectivity index is 1.58. The minimum Gasteiger partial charge on any atom is -0.497 e. The first-order valence-electron chi connectivity index (χ1n) is 11.0. The number of hydrogen-bond donors (Lipinski definition) is 3. The van der Waals surface area contributed by atoms with Crippen molar-refractivity contribution in [3.63, 3.8) is 0 Å². The van der Waals surface area contributed by atoms with Crippen molar-refractivity contribution in [2.24, 2.45) is 0 Å². The normalized spacial score (nSPS) is 10.7. The zero-order chi connectivity index (χ0) is 24.1. The number of amides is 2. The van der Waals surface area contributed by atoms with E-state index in [-0.39, 0.29) is 18.2 Å². The van der Waals surface area contributed by atoms with E-state index in [1.807, 2.05) is 42.5 Å². The summed E-state index contributed by atoms with van der Waals surface area (Å²) in [4.78, 5) is 28.7. The number of H-pyrrole nitrogens is 1. The molecule has 3 aromatic carbocycles. The number of ether oxygens (including phenoxy) is 2. The average molecular weight is 458 g/mol. The molecule has 0 bridgehead atoms. The number of carbonyl (C=O) groups is 2. The van der Waals surface area contributed by atoms with Gasteiger partial charge in [-0.2, -0.15) is 0 Å². The summed E-state index contributed by atoms with van der Waals surface area (Å²) in [7, 11) is 4.72. The number of methoxy groups -OCH3 is 2. The van der Waals surface area contributed by atoms with Gasteiger partial charge in [-0.25, -0.2) is 0 Å². The van der Waals surface area contributed by atoms with Crippen LogP contribution >= 0.6 is 0 Å². The van der Waals surface area contributed by atoms with Crippen LogP contribution < -0.4 is 20.1 Å². The molecule has 3 N–H and O–H groups in total. The lowest BCUT2D eigenvalue weighted by atomic mass is 10.0. The molecule has 174 valence electrons. The highest BCUT2D eigenvalue weighted by molar-refractivity contribution is 6.04. The third kappa shape index (κ3) is 4.73. The zero-order valence-corrected chi connectivity index (χ0v) is 19.4. The van der Waals surface area contributed by atoms with E-state index in [2.05, 4.69) is 21.7 Å². The van der Waals surface area contributed by atoms with Gasteiger partial charge in [0.25, 0.3) is 5.91 Å². The monoisotopic (exact) mass is 457 g/mol. The summed E-state index contributed by atoms with van der Waals surface area (Å²) < 4.78 is 10.5. The molecule has 1 aromatic heterocycles. The second-order valence-corrected chi connectivity index (χ2v) is 7.79. The molecule has 7 heteroatoms. The molecule has 0 radical (unpaired) electrons. The summed E-state index contributed by atoms with van der Waals surface area (Å²) in [6, 6.07) is 20.9. The highest BCUT2D eigenvalue weighted by Gasteiger charge is 2.17. The smallest absolute Gasteiger partial charge is 0.253 e. The van der Waals surface area contributed by atoms with Crippen molar-refractivity contribution in [2.75, 3.05) is 26.6 Å². The molecule has 4 aromatic rings. The molecule has 0 spiro atoms. The molecule has 4 rings (SSSR count). The average Bonchev–Trinajstić information content (AvgIpc) is 3.25. The summed E-state index contributed by atoms with van der Waals surface area (Å²) in [6.07, 6.45) is 0.785. The topological polar surface area (TPSA) is 92.5 Å². The molecule has 7 nitrogen and oxygen atoms in total. The van der Waals surface area contributed by atoms with Crippen LogP contribution in [0.4, 0.5) is 5.69 Å². The molecule has 0 atom stereocenters. The Morgan fingerprint density at radius 3 is 2.32 bits per heavy atom. The Morgan fingerprint density at radius 1 is 0.912 bits per heavy atom. The van der Waals surface area contributed by atoms with Gasteiger partial charge in [0.05, 0.1) is 25.5 Å². The van der Waals surface area contributed by atoms with Crippen LogP contribution in [0.3, 0.4) is 0 Å². The molecule has 34 heavy (non-hydrogen) atoms. The van der Waals surface area contributed by atoms with Crippen LogP contribution in [0.25, 0.3) is 22.2 Å². The molecule has 0 saturated carbocycles. The number of aryl methyl sites for hydroxylation is 1. The number of nitrogens with one attached hydrogen (secondary N) is 3. The molecular weight excluding hydrogens is 430 g/mol. The predicted octanol–water partition coefficient (Wildman–Crippen LogP) is 4.78. The summed E-state index contributed by atoms with van der Waals surface area (Å²) in [5, 5.41) is 6.56. The van der Waals surface area contributed by atoms with Crippen molar-refractivity contribution in [2.45, 2.75) is 12.8 Å². The molecule has 0 unspecified atom stereocenters. The maximum Gasteiger partial charge on any atom is 0.253 e. The van der Waals surface area contributed by atoms with Gasteiger partial charge in [-0.15, -0.1) is 0 Å². The number of para-hydroxylation sites is 1. The fourth-order valence-corrected chi connectivity index (χ4v) is 4.00. The Morgan fingerprint density at radius 2 is 1.62 bits per heavy atom. The number of fused-ring (bicyclic) bond motifs is 1. The molecule has 0 aliphatic carbocycles. The Bertz CT molecular complexity index is 1330. The minimum atomic E-state index is -0.298. The van der Waals surface area contributed by atoms with Gasteiger partial charge in [-0.3, -0.25) is 9.59 Å². The van der Waals surface area contributed by atoms with E-state index in [0.717, 1.165) is 33.5 Å². The van der Waals surface area contributed by atoms with Crippen LogP contribution in [0.2, 0.25) is 0 Å². The minimum absolute atomic E-state index is 0.179. The van der Waals surface area contributed by atoms with E-state index in [0.29, 0.717) is 23.4 Å². The van der Waals surface area contributed by atoms with Gasteiger partial charge in [0.1, 0.15) is 11.5 Å². The van der Waals surface area contributed by atoms with Crippen molar-refractivity contribution in [1.29, 1.82) is 0 Å². The fourth-order valence-electron chi connectivity index (χ4n) is 4.00. The molecule has 1 heterocycles. The quantitative estimate of drug-likeness (QED) is 0.355. The molecule has 0 aliphatic rings. The number of aromatic nitrogens is 1. The number of anilines is 1. The summed E-state index contributed by atoms with van der Waals surface area (Å²) in [5.41, 5.74) is 4.87. The number of aromatic amines is 1. The van der Waals surface area contributed by atoms with Crippen LogP contribution in [0.5, 0.6) is 11.5 Å².